The monoisotopic (exact) mass is 458 g/mol. The quantitative estimate of drug-likeness (QED) is 0.342. The molecule has 8 atom stereocenters. The van der Waals surface area contributed by atoms with Gasteiger partial charge in [-0.2, -0.15) is 0 Å². The molecule has 0 heterocycles. The standard InChI is InChI=1S/C29H46O4/c1-18(8-7-9-19(2)25(31)32)20-10-11-21-22-12-13-23-26(3,4)24(30)14-15-28(23,6)29(22,33)17-16-27(20,21)5/h9,11,18,20,22-24,30,33H,7-8,10,12-17H2,1-6H3,(H,31,32)/b19-9+/t18-,20+,22+,23+,24+,27+,28+,29-/m1/s1. The fraction of sp³-hybridized carbons (Fsp3) is 0.828. The van der Waals surface area contributed by atoms with Crippen LogP contribution in [0.5, 0.6) is 0 Å². The Kier molecular flexibility index (Phi) is 6.22. The number of aliphatic hydroxyl groups excluding tert-OH is 1. The molecule has 0 aromatic carbocycles. The Morgan fingerprint density at radius 2 is 1.85 bits per heavy atom. The van der Waals surface area contributed by atoms with Crippen LogP contribution < -0.4 is 0 Å². The van der Waals surface area contributed by atoms with Gasteiger partial charge in [-0.05, 0) is 93.3 Å². The lowest BCUT2D eigenvalue weighted by Gasteiger charge is -2.67. The number of hydrogen-bond donors (Lipinski definition) is 3. The molecule has 0 saturated heterocycles. The average Bonchev–Trinajstić information content (AvgIpc) is 3.09. The highest BCUT2D eigenvalue weighted by Gasteiger charge is 2.67. The van der Waals surface area contributed by atoms with Gasteiger partial charge in [-0.15, -0.1) is 0 Å². The van der Waals surface area contributed by atoms with Crippen LogP contribution in [0.2, 0.25) is 0 Å². The summed E-state index contributed by atoms with van der Waals surface area (Å²) in [6.07, 6.45) is 12.6. The first kappa shape index (κ1) is 25.0. The summed E-state index contributed by atoms with van der Waals surface area (Å²) in [7, 11) is 0. The maximum absolute atomic E-state index is 12.4. The van der Waals surface area contributed by atoms with Crippen molar-refractivity contribution in [2.75, 3.05) is 0 Å². The third-order valence-corrected chi connectivity index (χ3v) is 11.3. The molecular weight excluding hydrogens is 412 g/mol. The predicted molar refractivity (Wildman–Crippen MR) is 132 cm³/mol. The van der Waals surface area contributed by atoms with Crippen molar-refractivity contribution in [3.05, 3.63) is 23.3 Å². The molecule has 4 rings (SSSR count). The number of aliphatic hydroxyl groups is 2. The van der Waals surface area contributed by atoms with Crippen molar-refractivity contribution < 1.29 is 20.1 Å². The summed E-state index contributed by atoms with van der Waals surface area (Å²) in [5.41, 5.74) is 1.09. The van der Waals surface area contributed by atoms with Crippen molar-refractivity contribution in [2.24, 2.45) is 39.9 Å². The molecule has 0 aliphatic heterocycles. The maximum atomic E-state index is 12.4. The molecule has 186 valence electrons. The molecular formula is C29H46O4. The molecule has 0 spiro atoms. The Morgan fingerprint density at radius 1 is 1.15 bits per heavy atom. The van der Waals surface area contributed by atoms with Crippen LogP contribution in [0.15, 0.2) is 23.3 Å². The zero-order valence-corrected chi connectivity index (χ0v) is 21.7. The van der Waals surface area contributed by atoms with Crippen LogP contribution in [0.3, 0.4) is 0 Å². The van der Waals surface area contributed by atoms with Gasteiger partial charge in [-0.3, -0.25) is 0 Å². The minimum absolute atomic E-state index is 0.134. The third-order valence-electron chi connectivity index (χ3n) is 11.3. The van der Waals surface area contributed by atoms with E-state index in [9.17, 15) is 15.0 Å². The normalized spacial score (nSPS) is 45.5. The maximum Gasteiger partial charge on any atom is 0.330 e. The average molecular weight is 459 g/mol. The van der Waals surface area contributed by atoms with Gasteiger partial charge >= 0.3 is 5.97 Å². The Balaban J connectivity index is 1.55. The number of carbonyl (C=O) groups is 1. The van der Waals surface area contributed by atoms with Crippen LogP contribution in [0.25, 0.3) is 0 Å². The number of hydrogen-bond acceptors (Lipinski definition) is 3. The fourth-order valence-electron chi connectivity index (χ4n) is 9.08. The Morgan fingerprint density at radius 3 is 2.52 bits per heavy atom. The number of rotatable bonds is 5. The van der Waals surface area contributed by atoms with Gasteiger partial charge in [0, 0.05) is 16.9 Å². The van der Waals surface area contributed by atoms with Crippen LogP contribution in [0, 0.1) is 39.9 Å². The van der Waals surface area contributed by atoms with E-state index >= 15 is 0 Å². The Bertz CT molecular complexity index is 856. The van der Waals surface area contributed by atoms with Crippen LogP contribution in [-0.2, 0) is 4.79 Å². The second kappa shape index (κ2) is 8.22. The molecule has 0 unspecified atom stereocenters. The molecule has 4 nitrogen and oxygen atoms in total. The van der Waals surface area contributed by atoms with Crippen molar-refractivity contribution >= 4 is 5.97 Å². The smallest absolute Gasteiger partial charge is 0.330 e. The van der Waals surface area contributed by atoms with Gasteiger partial charge in [0.05, 0.1) is 11.7 Å². The summed E-state index contributed by atoms with van der Waals surface area (Å²) >= 11 is 0. The zero-order chi connectivity index (χ0) is 24.4. The molecule has 0 aromatic heterocycles. The Hall–Kier alpha value is -1.13. The van der Waals surface area contributed by atoms with Crippen LogP contribution in [0.1, 0.15) is 99.3 Å². The van der Waals surface area contributed by atoms with Crippen LogP contribution >= 0.6 is 0 Å². The molecule has 4 heteroatoms. The molecule has 4 aliphatic rings. The van der Waals surface area contributed by atoms with E-state index in [1.807, 2.05) is 6.08 Å². The lowest BCUT2D eigenvalue weighted by Crippen LogP contribution is -2.67. The molecule has 4 aliphatic carbocycles. The minimum Gasteiger partial charge on any atom is -0.478 e. The van der Waals surface area contributed by atoms with Gasteiger partial charge in [0.15, 0.2) is 0 Å². The van der Waals surface area contributed by atoms with E-state index in [0.29, 0.717) is 23.3 Å². The summed E-state index contributed by atoms with van der Waals surface area (Å²) in [5.74, 6) is 0.831. The van der Waals surface area contributed by atoms with Gasteiger partial charge < -0.3 is 15.3 Å². The summed E-state index contributed by atoms with van der Waals surface area (Å²) in [6.45, 7) is 13.2. The van der Waals surface area contributed by atoms with E-state index < -0.39 is 11.6 Å². The highest BCUT2D eigenvalue weighted by Crippen LogP contribution is 2.70. The number of fused-ring (bicyclic) bond motifs is 5. The third kappa shape index (κ3) is 3.57. The predicted octanol–water partition coefficient (Wildman–Crippen LogP) is 6.12. The summed E-state index contributed by atoms with van der Waals surface area (Å²) < 4.78 is 0. The number of carboxylic acid groups (broad SMARTS) is 1. The number of aliphatic carboxylic acids is 1. The number of allylic oxidation sites excluding steroid dienone is 2. The van der Waals surface area contributed by atoms with Crippen molar-refractivity contribution in [1.29, 1.82) is 0 Å². The van der Waals surface area contributed by atoms with Gasteiger partial charge in [-0.1, -0.05) is 52.3 Å². The van der Waals surface area contributed by atoms with E-state index in [1.165, 1.54) is 5.57 Å². The van der Waals surface area contributed by atoms with Crippen molar-refractivity contribution in [2.45, 2.75) is 111 Å². The summed E-state index contributed by atoms with van der Waals surface area (Å²) in [5, 5.41) is 32.3. The van der Waals surface area contributed by atoms with E-state index in [1.54, 1.807) is 6.92 Å². The molecule has 3 N–H and O–H groups in total. The van der Waals surface area contributed by atoms with Crippen LogP contribution in [0.4, 0.5) is 0 Å². The molecule has 33 heavy (non-hydrogen) atoms. The first-order valence-corrected chi connectivity index (χ1v) is 13.3. The molecule has 0 aromatic rings. The fourth-order valence-corrected chi connectivity index (χ4v) is 9.08. The first-order valence-electron chi connectivity index (χ1n) is 13.3. The number of carboxylic acids is 1. The largest absolute Gasteiger partial charge is 0.478 e. The Labute approximate surface area is 200 Å². The van der Waals surface area contributed by atoms with Crippen molar-refractivity contribution in [3.8, 4) is 0 Å². The topological polar surface area (TPSA) is 77.8 Å². The van der Waals surface area contributed by atoms with E-state index in [0.717, 1.165) is 57.8 Å². The second-order valence-corrected chi connectivity index (χ2v) is 13.1. The lowest BCUT2D eigenvalue weighted by atomic mass is 9.40. The molecule has 3 saturated carbocycles. The molecule has 3 fully saturated rings. The van der Waals surface area contributed by atoms with Gasteiger partial charge in [0.1, 0.15) is 0 Å². The molecule has 0 bridgehead atoms. The molecule has 0 amide bonds. The highest BCUT2D eigenvalue weighted by molar-refractivity contribution is 5.85. The lowest BCUT2D eigenvalue weighted by molar-refractivity contribution is -0.240. The summed E-state index contributed by atoms with van der Waals surface area (Å²) in [4.78, 5) is 11.1. The second-order valence-electron chi connectivity index (χ2n) is 13.1. The van der Waals surface area contributed by atoms with Gasteiger partial charge in [0.2, 0.25) is 0 Å². The minimum atomic E-state index is -0.825. The van der Waals surface area contributed by atoms with Gasteiger partial charge in [-0.25, -0.2) is 4.79 Å². The van der Waals surface area contributed by atoms with E-state index in [-0.39, 0.29) is 28.3 Å². The van der Waals surface area contributed by atoms with Gasteiger partial charge in [0.25, 0.3) is 0 Å². The highest BCUT2D eigenvalue weighted by atomic mass is 16.4. The van der Waals surface area contributed by atoms with Crippen LogP contribution in [-0.4, -0.2) is 33.0 Å². The van der Waals surface area contributed by atoms with Crippen molar-refractivity contribution in [1.82, 2.24) is 0 Å². The summed E-state index contributed by atoms with van der Waals surface area (Å²) in [6, 6.07) is 0. The van der Waals surface area contributed by atoms with Crippen molar-refractivity contribution in [3.63, 3.8) is 0 Å². The van der Waals surface area contributed by atoms with E-state index in [4.69, 9.17) is 5.11 Å². The SMILES string of the molecule is C/C(=C\CC[C@@H](C)[C@@H]1CC=C2[C@@H]3CC[C@H]4C(C)(C)[C@@H](O)CC[C@]4(C)[C@@]3(O)CC[C@]21C)C(=O)O. The molecule has 0 radical (unpaired) electrons. The van der Waals surface area contributed by atoms with E-state index in [2.05, 4.69) is 40.7 Å². The first-order chi connectivity index (χ1) is 15.3. The zero-order valence-electron chi connectivity index (χ0n) is 21.7.